The average Bonchev–Trinajstić information content (AvgIpc) is 3.23. The normalized spacial score (nSPS) is 21.2. The molecule has 2 heterocycles. The van der Waals surface area contributed by atoms with Gasteiger partial charge >= 0.3 is 5.97 Å². The van der Waals surface area contributed by atoms with Crippen LogP contribution in [0.1, 0.15) is 30.1 Å². The number of hydrogen-bond acceptors (Lipinski definition) is 6. The lowest BCUT2D eigenvalue weighted by molar-refractivity contribution is -0.147. The third kappa shape index (κ3) is 4.30. The molecule has 0 aromatic heterocycles. The van der Waals surface area contributed by atoms with E-state index >= 15 is 0 Å². The van der Waals surface area contributed by atoms with Gasteiger partial charge in [0.05, 0.1) is 11.5 Å². The Balaban J connectivity index is 1.85. The van der Waals surface area contributed by atoms with Crippen LogP contribution in [0.2, 0.25) is 0 Å². The second-order valence-electron chi connectivity index (χ2n) is 6.48. The lowest BCUT2D eigenvalue weighted by Gasteiger charge is -2.33. The number of rotatable bonds is 5. The zero-order valence-electron chi connectivity index (χ0n) is 15.3. The maximum atomic E-state index is 13.0. The highest BCUT2D eigenvalue weighted by molar-refractivity contribution is 7.99. The molecule has 1 unspecified atom stereocenters. The quantitative estimate of drug-likeness (QED) is 0.683. The van der Waals surface area contributed by atoms with Gasteiger partial charge in [-0.25, -0.2) is 13.2 Å². The van der Waals surface area contributed by atoms with E-state index in [-0.39, 0.29) is 23.0 Å². The molecule has 0 aliphatic carbocycles. The number of amides is 1. The maximum Gasteiger partial charge on any atom is 0.329 e. The number of carbonyl (C=O) groups is 2. The summed E-state index contributed by atoms with van der Waals surface area (Å²) in [4.78, 5) is 26.8. The molecule has 27 heavy (non-hydrogen) atoms. The number of hydrogen-bond donors (Lipinski definition) is 0. The van der Waals surface area contributed by atoms with Crippen molar-refractivity contribution in [1.29, 1.82) is 0 Å². The van der Waals surface area contributed by atoms with E-state index in [1.165, 1.54) is 21.3 Å². The predicted octanol–water partition coefficient (Wildman–Crippen LogP) is 1.59. The number of thioether (sulfide) groups is 1. The fraction of sp³-hybridized carbons (Fsp3) is 0.556. The van der Waals surface area contributed by atoms with Gasteiger partial charge in [0.1, 0.15) is 6.04 Å². The molecule has 0 N–H and O–H groups in total. The van der Waals surface area contributed by atoms with E-state index in [0.29, 0.717) is 25.4 Å². The highest BCUT2D eigenvalue weighted by Crippen LogP contribution is 2.24. The summed E-state index contributed by atoms with van der Waals surface area (Å²) in [6.07, 6.45) is 1.70. The summed E-state index contributed by atoms with van der Waals surface area (Å²) in [7, 11) is -3.60. The van der Waals surface area contributed by atoms with Gasteiger partial charge in [-0.15, -0.1) is 0 Å². The first-order chi connectivity index (χ1) is 12.9. The molecule has 1 aromatic carbocycles. The van der Waals surface area contributed by atoms with Gasteiger partial charge in [-0.2, -0.15) is 16.1 Å². The average molecular weight is 413 g/mol. The molecule has 0 radical (unpaired) electrons. The smallest absolute Gasteiger partial charge is 0.329 e. The van der Waals surface area contributed by atoms with Crippen LogP contribution < -0.4 is 0 Å². The molecule has 0 spiro atoms. The largest absolute Gasteiger partial charge is 0.464 e. The summed E-state index contributed by atoms with van der Waals surface area (Å²) in [5.74, 6) is 0.453. The van der Waals surface area contributed by atoms with Crippen molar-refractivity contribution in [2.24, 2.45) is 0 Å². The standard InChI is InChI=1S/C18H24N2O5S2/c1-2-25-18(22)16-13-26-11-10-20(16)17(21)14-6-5-7-15(12-14)27(23,24)19-8-3-4-9-19/h5-7,12,16H,2-4,8-11,13H2,1H3. The Morgan fingerprint density at radius 3 is 2.67 bits per heavy atom. The molecule has 1 atom stereocenters. The van der Waals surface area contributed by atoms with Gasteiger partial charge in [-0.3, -0.25) is 4.79 Å². The highest BCUT2D eigenvalue weighted by atomic mass is 32.2. The molecular weight excluding hydrogens is 388 g/mol. The van der Waals surface area contributed by atoms with Crippen molar-refractivity contribution >= 4 is 33.7 Å². The van der Waals surface area contributed by atoms with Crippen molar-refractivity contribution < 1.29 is 22.7 Å². The van der Waals surface area contributed by atoms with E-state index in [9.17, 15) is 18.0 Å². The van der Waals surface area contributed by atoms with Crippen molar-refractivity contribution in [3.05, 3.63) is 29.8 Å². The van der Waals surface area contributed by atoms with Crippen molar-refractivity contribution in [3.8, 4) is 0 Å². The third-order valence-corrected chi connectivity index (χ3v) is 7.65. The fourth-order valence-electron chi connectivity index (χ4n) is 3.31. The number of sulfonamides is 1. The number of benzene rings is 1. The van der Waals surface area contributed by atoms with Gasteiger partial charge in [0.2, 0.25) is 10.0 Å². The van der Waals surface area contributed by atoms with E-state index in [1.54, 1.807) is 30.8 Å². The Bertz CT molecular complexity index is 806. The van der Waals surface area contributed by atoms with Gasteiger partial charge in [0, 0.05) is 36.7 Å². The molecular formula is C18H24N2O5S2. The van der Waals surface area contributed by atoms with Gasteiger partial charge in [-0.1, -0.05) is 6.07 Å². The monoisotopic (exact) mass is 412 g/mol. The maximum absolute atomic E-state index is 13.0. The summed E-state index contributed by atoms with van der Waals surface area (Å²) in [5.41, 5.74) is 0.275. The van der Waals surface area contributed by atoms with Crippen LogP contribution >= 0.6 is 11.8 Å². The number of ether oxygens (including phenoxy) is 1. The van der Waals surface area contributed by atoms with Crippen molar-refractivity contribution in [2.75, 3.05) is 37.7 Å². The van der Waals surface area contributed by atoms with E-state index in [4.69, 9.17) is 4.74 Å². The Hall–Kier alpha value is -1.58. The van der Waals surface area contributed by atoms with Gasteiger partial charge in [0.25, 0.3) is 5.91 Å². The summed E-state index contributed by atoms with van der Waals surface area (Å²) in [6.45, 7) is 3.43. The number of esters is 1. The summed E-state index contributed by atoms with van der Waals surface area (Å²) in [5, 5.41) is 0. The molecule has 2 aliphatic rings. The molecule has 2 aliphatic heterocycles. The van der Waals surface area contributed by atoms with E-state index in [2.05, 4.69) is 0 Å². The SMILES string of the molecule is CCOC(=O)C1CSCCN1C(=O)c1cccc(S(=O)(=O)N2CCCC2)c1. The van der Waals surface area contributed by atoms with Crippen LogP contribution in [0.25, 0.3) is 0 Å². The minimum atomic E-state index is -3.60. The zero-order valence-corrected chi connectivity index (χ0v) is 16.9. The molecule has 148 valence electrons. The molecule has 1 aromatic rings. The number of nitrogens with zero attached hydrogens (tertiary/aromatic N) is 2. The Morgan fingerprint density at radius 2 is 1.96 bits per heavy atom. The minimum Gasteiger partial charge on any atom is -0.464 e. The van der Waals surface area contributed by atoms with Gasteiger partial charge < -0.3 is 9.64 Å². The van der Waals surface area contributed by atoms with Crippen molar-refractivity contribution in [2.45, 2.75) is 30.7 Å². The second-order valence-corrected chi connectivity index (χ2v) is 9.57. The first-order valence-corrected chi connectivity index (χ1v) is 11.7. The molecule has 1 amide bonds. The molecule has 0 saturated carbocycles. The fourth-order valence-corrected chi connectivity index (χ4v) is 5.91. The van der Waals surface area contributed by atoms with Gasteiger partial charge in [0.15, 0.2) is 0 Å². The van der Waals surface area contributed by atoms with E-state index in [0.717, 1.165) is 18.6 Å². The van der Waals surface area contributed by atoms with E-state index in [1.807, 2.05) is 0 Å². The first kappa shape index (κ1) is 20.2. The van der Waals surface area contributed by atoms with Crippen molar-refractivity contribution in [1.82, 2.24) is 9.21 Å². The van der Waals surface area contributed by atoms with Crippen LogP contribution in [-0.2, 0) is 19.6 Å². The molecule has 3 rings (SSSR count). The lowest BCUT2D eigenvalue weighted by Crippen LogP contribution is -2.51. The van der Waals surface area contributed by atoms with Crippen LogP contribution in [0.4, 0.5) is 0 Å². The number of carbonyl (C=O) groups excluding carboxylic acids is 2. The first-order valence-electron chi connectivity index (χ1n) is 9.10. The minimum absolute atomic E-state index is 0.120. The topological polar surface area (TPSA) is 84.0 Å². The lowest BCUT2D eigenvalue weighted by atomic mass is 10.1. The van der Waals surface area contributed by atoms with Crippen LogP contribution in [0.3, 0.4) is 0 Å². The molecule has 7 nitrogen and oxygen atoms in total. The van der Waals surface area contributed by atoms with Crippen LogP contribution in [0.15, 0.2) is 29.2 Å². The Kier molecular flexibility index (Phi) is 6.44. The summed E-state index contributed by atoms with van der Waals surface area (Å²) in [6, 6.07) is 5.46. The van der Waals surface area contributed by atoms with Gasteiger partial charge in [-0.05, 0) is 38.0 Å². The Labute approximate surface area is 164 Å². The summed E-state index contributed by atoms with van der Waals surface area (Å²) >= 11 is 1.60. The third-order valence-electron chi connectivity index (χ3n) is 4.73. The Morgan fingerprint density at radius 1 is 1.22 bits per heavy atom. The highest BCUT2D eigenvalue weighted by Gasteiger charge is 2.35. The van der Waals surface area contributed by atoms with Crippen molar-refractivity contribution in [3.63, 3.8) is 0 Å². The summed E-state index contributed by atoms with van der Waals surface area (Å²) < 4.78 is 32.1. The zero-order chi connectivity index (χ0) is 19.4. The molecule has 9 heteroatoms. The second kappa shape index (κ2) is 8.62. The van der Waals surface area contributed by atoms with Crippen LogP contribution in [0, 0.1) is 0 Å². The van der Waals surface area contributed by atoms with Crippen LogP contribution in [-0.4, -0.2) is 73.3 Å². The predicted molar refractivity (Wildman–Crippen MR) is 103 cm³/mol. The molecule has 0 bridgehead atoms. The van der Waals surface area contributed by atoms with E-state index < -0.39 is 22.0 Å². The molecule has 2 saturated heterocycles. The van der Waals surface area contributed by atoms with Crippen LogP contribution in [0.5, 0.6) is 0 Å². The molecule has 2 fully saturated rings.